The van der Waals surface area contributed by atoms with Crippen LogP contribution in [0.3, 0.4) is 0 Å². The molecule has 0 saturated carbocycles. The summed E-state index contributed by atoms with van der Waals surface area (Å²) in [5.41, 5.74) is 17.3. The molecule has 5 fully saturated rings. The number of hydrogen-bond acceptors (Lipinski definition) is 26. The molecule has 5 aromatic heterocycles. The van der Waals surface area contributed by atoms with Crippen LogP contribution in [0.15, 0.2) is 86.9 Å². The first-order chi connectivity index (χ1) is 49.4. The van der Waals surface area contributed by atoms with Gasteiger partial charge < -0.3 is 46.7 Å². The first kappa shape index (κ1) is 83.3. The van der Waals surface area contributed by atoms with Crippen LogP contribution in [-0.2, 0) is 79.3 Å². The Bertz CT molecular complexity index is 3840. The third-order valence-corrected chi connectivity index (χ3v) is 23.8. The molecule has 103 heavy (non-hydrogen) atoms. The second-order valence-electron chi connectivity index (χ2n) is 25.2. The second kappa shape index (κ2) is 41.7. The Morgan fingerprint density at radius 3 is 1.51 bits per heavy atom. The fourth-order valence-electron chi connectivity index (χ4n) is 11.4. The Kier molecular flexibility index (Phi) is 33.7. The molecule has 8 aliphatic heterocycles. The zero-order valence-electron chi connectivity index (χ0n) is 57.8. The van der Waals surface area contributed by atoms with E-state index in [1.165, 1.54) is 25.0 Å². The lowest BCUT2D eigenvalue weighted by Crippen LogP contribution is -2.47. The third kappa shape index (κ3) is 26.2. The molecule has 13 rings (SSSR count). The van der Waals surface area contributed by atoms with Crippen molar-refractivity contribution < 1.29 is 52.9 Å². The average Bonchev–Trinajstić information content (AvgIpc) is 1.70. The Hall–Kier alpha value is -5.37. The van der Waals surface area contributed by atoms with Gasteiger partial charge in [0.05, 0.1) is 37.8 Å². The zero-order chi connectivity index (χ0) is 74.2. The number of anilines is 5. The normalized spacial score (nSPS) is 21.1. The molecular formula is C69H86Br4N14O11S5. The van der Waals surface area contributed by atoms with Crippen molar-refractivity contribution in [1.82, 2.24) is 44.5 Å². The van der Waals surface area contributed by atoms with Gasteiger partial charge in [0.15, 0.2) is 0 Å². The van der Waals surface area contributed by atoms with Gasteiger partial charge in [-0.2, -0.15) is 58.8 Å². The van der Waals surface area contributed by atoms with E-state index in [1.807, 2.05) is 81.6 Å². The lowest BCUT2D eigenvalue weighted by atomic mass is 10.1. The minimum absolute atomic E-state index is 0.000278. The van der Waals surface area contributed by atoms with Gasteiger partial charge in [0.1, 0.15) is 40.7 Å². The number of rotatable bonds is 10. The molecule has 0 radical (unpaired) electrons. The highest BCUT2D eigenvalue weighted by atomic mass is 79.9. The molecule has 0 aromatic carbocycles. The molecule has 5 atom stereocenters. The fraction of sp³-hybridized carbons (Fsp3) is 0.478. The van der Waals surface area contributed by atoms with Gasteiger partial charge in [-0.25, -0.2) is 34.5 Å². The zero-order valence-corrected chi connectivity index (χ0v) is 68.2. The van der Waals surface area contributed by atoms with Gasteiger partial charge in [0.25, 0.3) is 0 Å². The van der Waals surface area contributed by atoms with Gasteiger partial charge in [-0.3, -0.25) is 43.6 Å². The molecule has 25 nitrogen and oxygen atoms in total. The maximum Gasteiger partial charge on any atom is 0.331 e. The number of alkyl halides is 1. The fourth-order valence-corrected chi connectivity index (χ4v) is 18.5. The smallest absolute Gasteiger partial charge is 0.331 e. The number of nitrogens with one attached hydrogen (secondary N) is 3. The average molecular weight is 1770 g/mol. The van der Waals surface area contributed by atoms with Crippen molar-refractivity contribution >= 4 is 205 Å². The largest absolute Gasteiger partial charge is 0.478 e. The lowest BCUT2D eigenvalue weighted by Gasteiger charge is -2.33. The molecule has 8 aliphatic rings. The van der Waals surface area contributed by atoms with Gasteiger partial charge >= 0.3 is 23.9 Å². The summed E-state index contributed by atoms with van der Waals surface area (Å²) in [5.74, 6) is 11.2. The number of aromatic nitrogens is 5. The highest BCUT2D eigenvalue weighted by molar-refractivity contribution is 9.11. The topological polar surface area (TPSA) is 333 Å². The maximum atomic E-state index is 12.4. The molecule has 13 heterocycles. The molecule has 3 amide bonds. The van der Waals surface area contributed by atoms with Crippen molar-refractivity contribution in [3.8, 4) is 0 Å². The van der Waals surface area contributed by atoms with Gasteiger partial charge in [-0.1, -0.05) is 15.9 Å². The van der Waals surface area contributed by atoms with Gasteiger partial charge in [0.2, 0.25) is 17.7 Å². The van der Waals surface area contributed by atoms with Crippen LogP contribution in [0.5, 0.6) is 0 Å². The number of halogens is 4. The molecule has 34 heteroatoms. The first-order valence-corrected chi connectivity index (χ1v) is 42.5. The van der Waals surface area contributed by atoms with Crippen LogP contribution >= 0.6 is 123 Å². The number of carbonyl (C=O) groups is 7. The van der Waals surface area contributed by atoms with E-state index >= 15 is 0 Å². The number of ether oxygens (including phenoxy) is 3. The Morgan fingerprint density at radius 2 is 1.05 bits per heavy atom. The predicted octanol–water partition coefficient (Wildman–Crippen LogP) is 10.6. The molecule has 5 aromatic rings. The minimum Gasteiger partial charge on any atom is -0.478 e. The van der Waals surface area contributed by atoms with Crippen LogP contribution in [-0.4, -0.2) is 218 Å². The number of hydrogen-bond donors (Lipinski definition) is 6. The summed E-state index contributed by atoms with van der Waals surface area (Å²) < 4.78 is 17.8. The summed E-state index contributed by atoms with van der Waals surface area (Å²) in [6, 6.07) is 9.33. The van der Waals surface area contributed by atoms with Gasteiger partial charge in [0, 0.05) is 194 Å². The summed E-state index contributed by atoms with van der Waals surface area (Å²) in [6.45, 7) is 14.2. The minimum atomic E-state index is -0.994. The van der Waals surface area contributed by atoms with Gasteiger partial charge in [-0.05, 0) is 148 Å². The lowest BCUT2D eigenvalue weighted by molar-refractivity contribution is -0.149. The van der Waals surface area contributed by atoms with Crippen molar-refractivity contribution in [2.45, 2.75) is 102 Å². The van der Waals surface area contributed by atoms with Crippen LogP contribution in [0, 0.1) is 5.92 Å². The first-order valence-electron chi connectivity index (χ1n) is 33.2. The summed E-state index contributed by atoms with van der Waals surface area (Å²) in [4.78, 5) is 112. The number of aliphatic carboxylic acids is 1. The molecule has 8 N–H and O–H groups in total. The number of carboxylic acids is 1. The quantitative estimate of drug-likeness (QED) is 0.0327. The maximum absolute atomic E-state index is 12.4. The van der Waals surface area contributed by atoms with E-state index in [-0.39, 0.29) is 65.7 Å². The molecule has 0 aliphatic carbocycles. The van der Waals surface area contributed by atoms with E-state index in [0.29, 0.717) is 55.3 Å². The van der Waals surface area contributed by atoms with Crippen LogP contribution < -0.4 is 27.4 Å². The summed E-state index contributed by atoms with van der Waals surface area (Å²) in [7, 11) is 1.43. The highest BCUT2D eigenvalue weighted by Gasteiger charge is 2.37. The number of methoxy groups -OCH3 is 1. The molecule has 5 saturated heterocycles. The van der Waals surface area contributed by atoms with Gasteiger partial charge in [-0.15, -0.1) is 0 Å². The van der Waals surface area contributed by atoms with Crippen molar-refractivity contribution in [1.29, 1.82) is 0 Å². The number of nitrogen functional groups attached to an aromatic ring is 2. The van der Waals surface area contributed by atoms with Crippen LogP contribution in [0.4, 0.5) is 29.1 Å². The standard InChI is InChI=1S/C18H23N3O3S.C14H15N3O3S.C12H16BrN3O2S.C11H12BrN3OS.C8H14O2S.C6H6Br2N2/c1-18(2,3)24-15(22)5-4-12-8-13-10-21-6-7-25-11-14(21)17(23)20-16(13)19-9-12;18-12(19)2-1-9-5-10-7-17-3-4-21-8-11(17)14(20)16-13(10)15-6-9;1-18-12(17)10-7-19-3-2-16(10)6-8-4-9(13)5-15-11(8)14;12-8-3-7-5-15-1-2-17-6-9(15)11(16)14-10(7)13-4-8;1-2-10-8(9)7-4-3-5-11-6-7;7-2-4-1-5(8)3-10-6(4)9/h4-5,8-9,14H,6-7,10-11H2,1-3H3,(H,19,20,23);1-2,5-6,11H,3-4,7-8H2,(H,18,19)(H,15,16,20);4-5,10H,2-3,6-7H2,1H3,(H2,14,15);3-4,9H,1-2,5-6H2,(H,13,14,16);7H,2-6H2,1H3;1,3H,2H2,(H2,9,10)/b5-4+;2-1+;;;;. The van der Waals surface area contributed by atoms with Crippen LogP contribution in [0.25, 0.3) is 12.2 Å². The molecule has 5 unspecified atom stereocenters. The van der Waals surface area contributed by atoms with Crippen molar-refractivity contribution in [3.63, 3.8) is 0 Å². The Morgan fingerprint density at radius 1 is 0.602 bits per heavy atom. The molecular weight excluding hydrogens is 1680 g/mol. The molecule has 0 bridgehead atoms. The second-order valence-corrected chi connectivity index (χ2v) is 34.2. The number of fused-ring (bicyclic) bond motifs is 6. The highest BCUT2D eigenvalue weighted by Crippen LogP contribution is 2.32. The summed E-state index contributed by atoms with van der Waals surface area (Å²) in [6.07, 6.45) is 16.2. The van der Waals surface area contributed by atoms with E-state index in [4.69, 9.17) is 30.8 Å². The van der Waals surface area contributed by atoms with E-state index in [9.17, 15) is 33.6 Å². The molecule has 0 spiro atoms. The monoisotopic (exact) mass is 1760 g/mol. The summed E-state index contributed by atoms with van der Waals surface area (Å²) in [5, 5.41) is 18.1. The summed E-state index contributed by atoms with van der Waals surface area (Å²) >= 11 is 22.5. The Balaban J connectivity index is 0.000000160. The number of pyridine rings is 5. The number of esters is 3. The van der Waals surface area contributed by atoms with E-state index in [1.54, 1.807) is 72.3 Å². The third-order valence-electron chi connectivity index (χ3n) is 16.6. The van der Waals surface area contributed by atoms with E-state index in [2.05, 4.69) is 124 Å². The van der Waals surface area contributed by atoms with Crippen LogP contribution in [0.2, 0.25) is 0 Å². The molecule has 556 valence electrons. The number of nitrogens with two attached hydrogens (primary N) is 2. The van der Waals surface area contributed by atoms with Crippen molar-refractivity contribution in [3.05, 3.63) is 126 Å². The van der Waals surface area contributed by atoms with Crippen molar-refractivity contribution in [2.24, 2.45) is 5.92 Å². The van der Waals surface area contributed by atoms with E-state index < -0.39 is 11.6 Å². The van der Waals surface area contributed by atoms with Crippen LogP contribution in [0.1, 0.15) is 79.5 Å². The number of carboxylic acid groups (broad SMARTS) is 1. The predicted molar refractivity (Wildman–Crippen MR) is 428 cm³/mol. The Labute approximate surface area is 655 Å². The van der Waals surface area contributed by atoms with Crippen molar-refractivity contribution in [2.75, 3.05) is 125 Å². The number of amides is 3. The SMILES string of the molecule is CC(C)(C)OC(=O)/C=C/c1cnc2c(c1)CN1CCSCC1C(=O)N2.CCOC(=O)C1CCCSC1.COC(=O)C1CSCCN1Cc1cc(Br)cnc1N.Nc1ncc(Br)cc1CBr.O=C(O)/C=C/c1cnc2c(c1)CN1CCSCC1C(=O)N2.O=C1Nc2ncc(Br)cc2CN2CCSCC12. The number of thioether (sulfide) groups is 5. The number of nitrogens with zero attached hydrogens (tertiary/aromatic N) is 9. The van der Waals surface area contributed by atoms with E-state index in [0.717, 1.165) is 161 Å². The number of carbonyl (C=O) groups excluding carboxylic acids is 6.